The van der Waals surface area contributed by atoms with Crippen LogP contribution in [-0.4, -0.2) is 15.0 Å². The van der Waals surface area contributed by atoms with Gasteiger partial charge in [0.05, 0.1) is 11.7 Å². The van der Waals surface area contributed by atoms with E-state index in [1.165, 1.54) is 48.4 Å². The Morgan fingerprint density at radius 2 is 1.95 bits per heavy atom. The van der Waals surface area contributed by atoms with Crippen molar-refractivity contribution in [3.8, 4) is 0 Å². The maximum atomic E-state index is 4.41. The Morgan fingerprint density at radius 1 is 1.05 bits per heavy atom. The molecule has 19 heavy (non-hydrogen) atoms. The fourth-order valence-corrected chi connectivity index (χ4v) is 3.44. The van der Waals surface area contributed by atoms with E-state index in [9.17, 15) is 0 Å². The summed E-state index contributed by atoms with van der Waals surface area (Å²) in [5.41, 5.74) is 3.47. The van der Waals surface area contributed by atoms with Gasteiger partial charge in [-0.2, -0.15) is 0 Å². The average molecular weight is 251 g/mol. The lowest BCUT2D eigenvalue weighted by atomic mass is 9.82. The Morgan fingerprint density at radius 3 is 2.84 bits per heavy atom. The molecule has 0 unspecified atom stereocenters. The van der Waals surface area contributed by atoms with Crippen molar-refractivity contribution in [3.63, 3.8) is 0 Å². The molecule has 0 atom stereocenters. The first-order valence-corrected chi connectivity index (χ1v) is 7.14. The fourth-order valence-electron chi connectivity index (χ4n) is 3.44. The Labute approximate surface area is 112 Å². The molecular weight excluding hydrogens is 234 g/mol. The van der Waals surface area contributed by atoms with E-state index in [2.05, 4.69) is 33.3 Å². The number of rotatable bonds is 1. The number of hydrogen-bond donors (Lipinski definition) is 1. The Hall–Kier alpha value is -1.90. The van der Waals surface area contributed by atoms with Crippen LogP contribution in [0.1, 0.15) is 43.6 Å². The number of H-pyrrole nitrogens is 1. The highest BCUT2D eigenvalue weighted by atomic mass is 14.8. The summed E-state index contributed by atoms with van der Waals surface area (Å²) >= 11 is 0. The highest BCUT2D eigenvalue weighted by Gasteiger charge is 2.19. The highest BCUT2D eigenvalue weighted by Crippen LogP contribution is 2.37. The summed E-state index contributed by atoms with van der Waals surface area (Å²) < 4.78 is 0. The number of nitrogens with zero attached hydrogens (tertiary/aromatic N) is 2. The van der Waals surface area contributed by atoms with Crippen molar-refractivity contribution in [1.82, 2.24) is 15.0 Å². The zero-order chi connectivity index (χ0) is 12.7. The van der Waals surface area contributed by atoms with Gasteiger partial charge in [-0.15, -0.1) is 0 Å². The molecule has 3 aromatic heterocycles. The lowest BCUT2D eigenvalue weighted by molar-refractivity contribution is 0.445. The summed E-state index contributed by atoms with van der Waals surface area (Å²) in [4.78, 5) is 12.1. The molecule has 96 valence electrons. The van der Waals surface area contributed by atoms with E-state index in [1.807, 2.05) is 12.4 Å². The SMILES string of the molecule is c1cc2c(n1)ncc1[nH]ccc(C3CCCCC3)c12. The molecule has 3 heteroatoms. The van der Waals surface area contributed by atoms with Crippen molar-refractivity contribution in [3.05, 3.63) is 36.3 Å². The van der Waals surface area contributed by atoms with Crippen molar-refractivity contribution in [2.75, 3.05) is 0 Å². The maximum absolute atomic E-state index is 4.41. The third kappa shape index (κ3) is 1.72. The number of aromatic nitrogens is 3. The van der Waals surface area contributed by atoms with E-state index >= 15 is 0 Å². The zero-order valence-electron chi connectivity index (χ0n) is 10.9. The molecule has 3 heterocycles. The Balaban J connectivity index is 2.00. The van der Waals surface area contributed by atoms with Gasteiger partial charge in [-0.3, -0.25) is 0 Å². The summed E-state index contributed by atoms with van der Waals surface area (Å²) in [6.07, 6.45) is 12.6. The summed E-state index contributed by atoms with van der Waals surface area (Å²) in [7, 11) is 0. The van der Waals surface area contributed by atoms with Crippen LogP contribution in [0.25, 0.3) is 21.9 Å². The van der Waals surface area contributed by atoms with E-state index in [0.29, 0.717) is 5.92 Å². The molecular formula is C16H17N3. The second-order valence-electron chi connectivity index (χ2n) is 5.50. The number of nitrogens with one attached hydrogen (secondary N) is 1. The van der Waals surface area contributed by atoms with Gasteiger partial charge in [-0.05, 0) is 36.5 Å². The normalized spacial score (nSPS) is 17.3. The van der Waals surface area contributed by atoms with Gasteiger partial charge in [0.2, 0.25) is 0 Å². The van der Waals surface area contributed by atoms with Crippen LogP contribution in [0.2, 0.25) is 0 Å². The Bertz CT molecular complexity index is 723. The van der Waals surface area contributed by atoms with Crippen LogP contribution in [0.3, 0.4) is 0 Å². The third-order valence-electron chi connectivity index (χ3n) is 4.37. The first kappa shape index (κ1) is 11.0. The second kappa shape index (κ2) is 4.34. The quantitative estimate of drug-likeness (QED) is 0.705. The lowest BCUT2D eigenvalue weighted by Crippen LogP contribution is -2.05. The minimum atomic E-state index is 0.700. The van der Waals surface area contributed by atoms with Crippen LogP contribution in [0.15, 0.2) is 30.7 Å². The van der Waals surface area contributed by atoms with E-state index in [4.69, 9.17) is 0 Å². The fraction of sp³-hybridized carbons (Fsp3) is 0.375. The molecule has 1 fully saturated rings. The molecule has 1 aliphatic carbocycles. The summed E-state index contributed by atoms with van der Waals surface area (Å²) in [5, 5.41) is 2.52. The Kier molecular flexibility index (Phi) is 2.50. The van der Waals surface area contributed by atoms with Crippen LogP contribution in [0.5, 0.6) is 0 Å². The summed E-state index contributed by atoms with van der Waals surface area (Å²) in [6, 6.07) is 4.34. The summed E-state index contributed by atoms with van der Waals surface area (Å²) in [6.45, 7) is 0. The highest BCUT2D eigenvalue weighted by molar-refractivity contribution is 6.05. The van der Waals surface area contributed by atoms with Crippen LogP contribution in [0, 0.1) is 0 Å². The van der Waals surface area contributed by atoms with E-state index in [1.54, 1.807) is 0 Å². The first-order valence-electron chi connectivity index (χ1n) is 7.14. The monoisotopic (exact) mass is 251 g/mol. The van der Waals surface area contributed by atoms with Gasteiger partial charge in [-0.25, -0.2) is 9.97 Å². The number of pyridine rings is 2. The lowest BCUT2D eigenvalue weighted by Gasteiger charge is -2.23. The third-order valence-corrected chi connectivity index (χ3v) is 4.37. The van der Waals surface area contributed by atoms with Crippen molar-refractivity contribution in [2.24, 2.45) is 0 Å². The second-order valence-corrected chi connectivity index (χ2v) is 5.50. The van der Waals surface area contributed by atoms with Crippen LogP contribution >= 0.6 is 0 Å². The number of aromatic amines is 1. The van der Waals surface area contributed by atoms with Gasteiger partial charge in [-0.1, -0.05) is 19.3 Å². The van der Waals surface area contributed by atoms with Gasteiger partial charge in [0.1, 0.15) is 0 Å². The molecule has 1 aliphatic rings. The molecule has 0 radical (unpaired) electrons. The summed E-state index contributed by atoms with van der Waals surface area (Å²) in [5.74, 6) is 0.700. The predicted octanol–water partition coefficient (Wildman–Crippen LogP) is 4.16. The predicted molar refractivity (Wildman–Crippen MR) is 77.2 cm³/mol. The zero-order valence-corrected chi connectivity index (χ0v) is 10.9. The molecule has 3 aromatic rings. The van der Waals surface area contributed by atoms with Gasteiger partial charge < -0.3 is 4.98 Å². The molecule has 0 aromatic carbocycles. The molecule has 0 amide bonds. The first-order chi connectivity index (χ1) is 9.43. The molecule has 4 rings (SSSR count). The van der Waals surface area contributed by atoms with E-state index in [-0.39, 0.29) is 0 Å². The molecule has 0 bridgehead atoms. The van der Waals surface area contributed by atoms with E-state index < -0.39 is 0 Å². The standard InChI is InChI=1S/C16H17N3/c1-2-4-11(5-3-1)12-6-8-17-14-10-19-16-13(15(12)14)7-9-18-16/h6-11,17H,1-5H2. The van der Waals surface area contributed by atoms with Crippen molar-refractivity contribution < 1.29 is 0 Å². The molecule has 3 nitrogen and oxygen atoms in total. The van der Waals surface area contributed by atoms with Crippen molar-refractivity contribution in [1.29, 1.82) is 0 Å². The average Bonchev–Trinajstić information content (AvgIpc) is 2.96. The smallest absolute Gasteiger partial charge is 0.159 e. The van der Waals surface area contributed by atoms with Crippen LogP contribution in [-0.2, 0) is 0 Å². The minimum absolute atomic E-state index is 0.700. The molecule has 1 saturated carbocycles. The molecule has 0 aliphatic heterocycles. The molecule has 0 saturated heterocycles. The topological polar surface area (TPSA) is 41.6 Å². The molecule has 0 spiro atoms. The maximum Gasteiger partial charge on any atom is 0.159 e. The van der Waals surface area contributed by atoms with Gasteiger partial charge in [0.15, 0.2) is 5.65 Å². The van der Waals surface area contributed by atoms with E-state index in [0.717, 1.165) is 11.2 Å². The van der Waals surface area contributed by atoms with Gasteiger partial charge in [0.25, 0.3) is 0 Å². The van der Waals surface area contributed by atoms with Gasteiger partial charge >= 0.3 is 0 Å². The number of fused-ring (bicyclic) bond motifs is 3. The minimum Gasteiger partial charge on any atom is -0.360 e. The van der Waals surface area contributed by atoms with Crippen LogP contribution < -0.4 is 0 Å². The largest absolute Gasteiger partial charge is 0.360 e. The van der Waals surface area contributed by atoms with Crippen molar-refractivity contribution >= 4 is 21.9 Å². The molecule has 1 N–H and O–H groups in total. The van der Waals surface area contributed by atoms with Crippen LogP contribution in [0.4, 0.5) is 0 Å². The van der Waals surface area contributed by atoms with Gasteiger partial charge in [0, 0.05) is 23.2 Å². The number of hydrogen-bond acceptors (Lipinski definition) is 2. The van der Waals surface area contributed by atoms with Crippen molar-refractivity contribution in [2.45, 2.75) is 38.0 Å².